The van der Waals surface area contributed by atoms with E-state index in [0.29, 0.717) is 65.7 Å². The lowest BCUT2D eigenvalue weighted by atomic mass is 10.1. The lowest BCUT2D eigenvalue weighted by molar-refractivity contribution is -0.134. The Bertz CT molecular complexity index is 2220. The molecule has 7 rings (SSSR count). The zero-order valence-electron chi connectivity index (χ0n) is 32.2. The molecule has 1 unspecified atom stereocenters. The number of esters is 1. The van der Waals surface area contributed by atoms with Crippen LogP contribution in [0, 0.1) is 0 Å². The summed E-state index contributed by atoms with van der Waals surface area (Å²) in [6.45, 7) is 6.40. The second-order valence-corrected chi connectivity index (χ2v) is 16.0. The molecule has 0 saturated carbocycles. The van der Waals surface area contributed by atoms with Gasteiger partial charge in [0.1, 0.15) is 5.75 Å². The van der Waals surface area contributed by atoms with Crippen molar-refractivity contribution in [2.24, 2.45) is 4.99 Å². The molecule has 3 aliphatic heterocycles. The zero-order chi connectivity index (χ0) is 39.7. The van der Waals surface area contributed by atoms with Crippen LogP contribution in [0.5, 0.6) is 28.7 Å². The topological polar surface area (TPSA) is 142 Å². The maximum Gasteiger partial charge on any atom is 0.311 e. The number of amides is 2. The van der Waals surface area contributed by atoms with E-state index < -0.39 is 0 Å². The molecular weight excluding hydrogens is 733 g/mol. The molecule has 0 bridgehead atoms. The Morgan fingerprint density at radius 3 is 2.34 bits per heavy atom. The van der Waals surface area contributed by atoms with Crippen LogP contribution in [-0.4, -0.2) is 68.3 Å². The minimum Gasteiger partial charge on any atom is -0.493 e. The summed E-state index contributed by atoms with van der Waals surface area (Å²) < 4.78 is 28.7. The van der Waals surface area contributed by atoms with Crippen molar-refractivity contribution in [2.45, 2.75) is 69.7 Å². The number of hydrogen-bond acceptors (Lipinski definition) is 11. The molecule has 3 aliphatic rings. The average molecular weight is 779 g/mol. The first-order valence-electron chi connectivity index (χ1n) is 18.7. The second kappa shape index (κ2) is 15.8. The van der Waals surface area contributed by atoms with Crippen LogP contribution >= 0.6 is 12.6 Å². The number of anilines is 3. The van der Waals surface area contributed by atoms with Gasteiger partial charge in [0.05, 0.1) is 50.3 Å². The molecule has 56 heavy (non-hydrogen) atoms. The van der Waals surface area contributed by atoms with Crippen molar-refractivity contribution in [3.63, 3.8) is 0 Å². The molecule has 12 nitrogen and oxygen atoms in total. The van der Waals surface area contributed by atoms with Crippen LogP contribution in [0.4, 0.5) is 22.7 Å². The van der Waals surface area contributed by atoms with Crippen LogP contribution in [0.1, 0.15) is 71.9 Å². The molecule has 0 fully saturated rings. The molecule has 4 aromatic carbocycles. The van der Waals surface area contributed by atoms with Crippen molar-refractivity contribution in [3.8, 4) is 28.7 Å². The van der Waals surface area contributed by atoms with Gasteiger partial charge < -0.3 is 34.3 Å². The summed E-state index contributed by atoms with van der Waals surface area (Å²) in [5, 5.41) is 0. The second-order valence-electron chi connectivity index (χ2n) is 14.8. The number of fused-ring (bicyclic) bond motifs is 5. The Balaban J connectivity index is 0.972. The predicted octanol–water partition coefficient (Wildman–Crippen LogP) is 7.41. The van der Waals surface area contributed by atoms with Gasteiger partial charge >= 0.3 is 5.97 Å². The highest BCUT2D eigenvalue weighted by molar-refractivity contribution is 7.81. The SMILES string of the molecule is COc1cc(C(=O)N2c3ccc(OC(=O)CCC(C)(C)S)cc3C[C@H]2C)c(N)cc1OCCCOc1cc2c(cc1OC)C(=O)N1c3ccccc3CC1C=N2. The Kier molecular flexibility index (Phi) is 10.9. The summed E-state index contributed by atoms with van der Waals surface area (Å²) in [7, 11) is 3.04. The van der Waals surface area contributed by atoms with Gasteiger partial charge in [-0.2, -0.15) is 12.6 Å². The molecule has 3 heterocycles. The number of hydrogen-bond donors (Lipinski definition) is 2. The first-order chi connectivity index (χ1) is 26.8. The third-order valence-electron chi connectivity index (χ3n) is 10.2. The van der Waals surface area contributed by atoms with Gasteiger partial charge in [0.2, 0.25) is 0 Å². The summed E-state index contributed by atoms with van der Waals surface area (Å²) in [6, 6.07) is 19.5. The number of ether oxygens (including phenoxy) is 5. The average Bonchev–Trinajstić information content (AvgIpc) is 3.67. The number of carbonyl (C=O) groups excluding carboxylic acids is 3. The zero-order valence-corrected chi connectivity index (χ0v) is 33.1. The largest absolute Gasteiger partial charge is 0.493 e. The first-order valence-corrected chi connectivity index (χ1v) is 19.1. The molecule has 4 aromatic rings. The maximum absolute atomic E-state index is 14.0. The van der Waals surface area contributed by atoms with E-state index in [9.17, 15) is 14.4 Å². The van der Waals surface area contributed by atoms with E-state index in [0.717, 1.165) is 22.5 Å². The summed E-state index contributed by atoms with van der Waals surface area (Å²) in [5.74, 6) is 1.34. The van der Waals surface area contributed by atoms with Crippen LogP contribution in [0.15, 0.2) is 71.7 Å². The van der Waals surface area contributed by atoms with E-state index in [1.54, 1.807) is 46.2 Å². The lowest BCUT2D eigenvalue weighted by Gasteiger charge is -2.24. The van der Waals surface area contributed by atoms with Crippen molar-refractivity contribution >= 4 is 59.4 Å². The lowest BCUT2D eigenvalue weighted by Crippen LogP contribution is -2.37. The Labute approximate surface area is 331 Å². The highest BCUT2D eigenvalue weighted by Gasteiger charge is 2.37. The highest BCUT2D eigenvalue weighted by Crippen LogP contribution is 2.42. The third kappa shape index (κ3) is 7.86. The predicted molar refractivity (Wildman–Crippen MR) is 219 cm³/mol. The molecule has 2 amide bonds. The van der Waals surface area contributed by atoms with Crippen LogP contribution < -0.4 is 39.2 Å². The van der Waals surface area contributed by atoms with Gasteiger partial charge in [-0.3, -0.25) is 24.3 Å². The van der Waals surface area contributed by atoms with E-state index >= 15 is 0 Å². The Morgan fingerprint density at radius 1 is 0.893 bits per heavy atom. The maximum atomic E-state index is 14.0. The minimum atomic E-state index is -0.327. The molecule has 2 atom stereocenters. The Hall–Kier alpha value is -5.69. The number of methoxy groups -OCH3 is 2. The summed E-state index contributed by atoms with van der Waals surface area (Å²) in [4.78, 5) is 48.3. The summed E-state index contributed by atoms with van der Waals surface area (Å²) in [6.07, 6.45) is 4.45. The smallest absolute Gasteiger partial charge is 0.311 e. The van der Waals surface area contributed by atoms with Crippen molar-refractivity contribution in [3.05, 3.63) is 89.0 Å². The van der Waals surface area contributed by atoms with Crippen molar-refractivity contribution < 1.29 is 38.1 Å². The minimum absolute atomic E-state index is 0.134. The fourth-order valence-electron chi connectivity index (χ4n) is 7.35. The van der Waals surface area contributed by atoms with Crippen molar-refractivity contribution in [1.29, 1.82) is 0 Å². The fourth-order valence-corrected chi connectivity index (χ4v) is 7.46. The van der Waals surface area contributed by atoms with Gasteiger partial charge in [-0.15, -0.1) is 0 Å². The summed E-state index contributed by atoms with van der Waals surface area (Å²) >= 11 is 4.48. The number of rotatable bonds is 13. The van der Waals surface area contributed by atoms with Crippen molar-refractivity contribution in [2.75, 3.05) is 43.0 Å². The molecule has 0 aliphatic carbocycles. The van der Waals surface area contributed by atoms with Gasteiger partial charge in [-0.1, -0.05) is 32.0 Å². The standard InChI is InChI=1S/C43H46N4O8S/c1-25-17-27-19-29(55-40(48)13-14-43(2,3)56)11-12-35(27)46(25)41(49)30-20-36(51-4)38(22-32(30)44)53-15-8-16-54-39-23-33-31(21-37(39)52-5)42(50)47-28(24-45-33)18-26-9-6-7-10-34(26)47/h6-7,9-12,19-25,28,56H,8,13-18,44H2,1-5H3/t25-,28?/m1/s1. The van der Waals surface area contributed by atoms with Gasteiger partial charge in [-0.05, 0) is 67.3 Å². The number of benzene rings is 4. The van der Waals surface area contributed by atoms with E-state index in [1.807, 2.05) is 57.3 Å². The number of thiol groups is 1. The number of nitrogens with zero attached hydrogens (tertiary/aromatic N) is 3. The summed E-state index contributed by atoms with van der Waals surface area (Å²) in [5.41, 5.74) is 11.6. The first kappa shape index (κ1) is 38.6. The van der Waals surface area contributed by atoms with E-state index in [1.165, 1.54) is 14.2 Å². The molecule has 2 N–H and O–H groups in total. The van der Waals surface area contributed by atoms with Crippen molar-refractivity contribution in [1.82, 2.24) is 0 Å². The molecule has 0 aromatic heterocycles. The fraction of sp³-hybridized carbons (Fsp3) is 0.349. The molecule has 0 radical (unpaired) electrons. The van der Waals surface area contributed by atoms with E-state index in [-0.39, 0.29) is 65.5 Å². The number of nitrogen functional groups attached to an aromatic ring is 1. The van der Waals surface area contributed by atoms with E-state index in [2.05, 4.69) is 17.6 Å². The molecule has 292 valence electrons. The van der Waals surface area contributed by atoms with Gasteiger partial charge in [0.15, 0.2) is 23.0 Å². The normalized spacial score (nSPS) is 16.7. The van der Waals surface area contributed by atoms with E-state index in [4.69, 9.17) is 29.4 Å². The highest BCUT2D eigenvalue weighted by atomic mass is 32.1. The molecular formula is C43H46N4O8S. The quantitative estimate of drug-likeness (QED) is 0.0467. The Morgan fingerprint density at radius 2 is 1.61 bits per heavy atom. The third-order valence-corrected chi connectivity index (χ3v) is 10.4. The van der Waals surface area contributed by atoms with Gasteiger partial charge in [-0.25, -0.2) is 0 Å². The van der Waals surface area contributed by atoms with Gasteiger partial charge in [0.25, 0.3) is 11.8 Å². The number of nitrogens with two attached hydrogens (primary N) is 1. The van der Waals surface area contributed by atoms with Crippen LogP contribution in [0.25, 0.3) is 0 Å². The molecule has 0 spiro atoms. The number of carbonyl (C=O) groups is 3. The molecule has 0 saturated heterocycles. The number of aliphatic imine (C=N–C) groups is 1. The monoisotopic (exact) mass is 778 g/mol. The van der Waals surface area contributed by atoms with Gasteiger partial charge in [0, 0.05) is 65.5 Å². The number of para-hydroxylation sites is 1. The molecule has 13 heteroatoms. The van der Waals surface area contributed by atoms with Crippen LogP contribution in [0.2, 0.25) is 0 Å². The van der Waals surface area contributed by atoms with Crippen LogP contribution in [-0.2, 0) is 17.6 Å². The van der Waals surface area contributed by atoms with Crippen LogP contribution in [0.3, 0.4) is 0 Å².